The van der Waals surface area contributed by atoms with E-state index in [0.29, 0.717) is 0 Å². The second-order valence-electron chi connectivity index (χ2n) is 13.8. The van der Waals surface area contributed by atoms with Gasteiger partial charge >= 0.3 is 0 Å². The van der Waals surface area contributed by atoms with Gasteiger partial charge in [-0.15, -0.1) is 0 Å². The van der Waals surface area contributed by atoms with E-state index < -0.39 is 6.41 Å². The third-order valence-corrected chi connectivity index (χ3v) is 8.92. The van der Waals surface area contributed by atoms with Gasteiger partial charge < -0.3 is 14.6 Å². The number of aliphatic hydroxyl groups excluding tert-OH is 1. The van der Waals surface area contributed by atoms with Crippen molar-refractivity contribution in [1.29, 1.82) is 0 Å². The van der Waals surface area contributed by atoms with Crippen LogP contribution in [-0.2, 0) is 9.47 Å². The van der Waals surface area contributed by atoms with Crippen molar-refractivity contribution in [2.24, 2.45) is 0 Å². The summed E-state index contributed by atoms with van der Waals surface area (Å²) in [5.74, 6) is 0. The number of aliphatic hydroxyl groups is 1. The van der Waals surface area contributed by atoms with Crippen LogP contribution in [0.5, 0.6) is 0 Å². The first kappa shape index (κ1) is 42.8. The van der Waals surface area contributed by atoms with Gasteiger partial charge in [-0.05, 0) is 33.1 Å². The van der Waals surface area contributed by atoms with E-state index in [1.165, 1.54) is 173 Å². The zero-order valence-electron chi connectivity index (χ0n) is 30.1. The molecule has 2 N–H and O–H groups in total. The van der Waals surface area contributed by atoms with Gasteiger partial charge in [-0.3, -0.25) is 5.32 Å². The molecule has 0 rings (SSSR count). The zero-order chi connectivity index (χ0) is 31.5. The van der Waals surface area contributed by atoms with E-state index in [9.17, 15) is 5.11 Å². The first-order valence-electron chi connectivity index (χ1n) is 19.8. The predicted octanol–water partition coefficient (Wildman–Crippen LogP) is 12.4. The largest absolute Gasteiger partial charge is 0.379 e. The molecule has 0 spiro atoms. The highest BCUT2D eigenvalue weighted by Gasteiger charge is 2.14. The van der Waals surface area contributed by atoms with Crippen LogP contribution in [0, 0.1) is 0 Å². The van der Waals surface area contributed by atoms with E-state index in [-0.39, 0.29) is 12.2 Å². The third kappa shape index (κ3) is 36.2. The Balaban J connectivity index is 3.95. The Morgan fingerprint density at radius 2 is 0.791 bits per heavy atom. The minimum Gasteiger partial charge on any atom is -0.379 e. The average molecular weight is 612 g/mol. The van der Waals surface area contributed by atoms with Crippen LogP contribution in [0.15, 0.2) is 0 Å². The molecule has 2 unspecified atom stereocenters. The normalized spacial score (nSPS) is 13.3. The minimum atomic E-state index is -0.863. The lowest BCUT2D eigenvalue weighted by molar-refractivity contribution is -0.158. The average Bonchev–Trinajstić information content (AvgIpc) is 2.99. The van der Waals surface area contributed by atoms with Crippen LogP contribution < -0.4 is 5.32 Å². The molecule has 2 atom stereocenters. The summed E-state index contributed by atoms with van der Waals surface area (Å²) in [4.78, 5) is 0. The second-order valence-corrected chi connectivity index (χ2v) is 13.8. The summed E-state index contributed by atoms with van der Waals surface area (Å²) in [5, 5.41) is 13.6. The van der Waals surface area contributed by atoms with Crippen molar-refractivity contribution >= 4 is 0 Å². The summed E-state index contributed by atoms with van der Waals surface area (Å²) >= 11 is 0. The molecule has 0 aliphatic rings. The van der Waals surface area contributed by atoms with E-state index in [1.54, 1.807) is 0 Å². The first-order chi connectivity index (χ1) is 21.1. The monoisotopic (exact) mass is 612 g/mol. The number of hydrogen-bond donors (Lipinski definition) is 2. The molecule has 4 nitrogen and oxygen atoms in total. The Morgan fingerprint density at radius 1 is 0.465 bits per heavy atom. The van der Waals surface area contributed by atoms with Crippen LogP contribution in [0.4, 0.5) is 0 Å². The lowest BCUT2D eigenvalue weighted by Crippen LogP contribution is -2.36. The molecule has 0 amide bonds. The Hall–Kier alpha value is -0.160. The molecule has 0 radical (unpaired) electrons. The highest BCUT2D eigenvalue weighted by molar-refractivity contribution is 4.62. The molecule has 0 aromatic rings. The number of rotatable bonds is 37. The summed E-state index contributed by atoms with van der Waals surface area (Å²) in [6, 6.07) is 0. The molecule has 0 saturated carbocycles. The van der Waals surface area contributed by atoms with Crippen LogP contribution in [0.3, 0.4) is 0 Å². The molecule has 0 aromatic heterocycles. The number of nitrogens with one attached hydrogen (secondary N) is 1. The fourth-order valence-electron chi connectivity index (χ4n) is 6.08. The van der Waals surface area contributed by atoms with E-state index in [1.807, 2.05) is 0 Å². The van der Waals surface area contributed by atoms with Crippen molar-refractivity contribution in [3.63, 3.8) is 0 Å². The SMILES string of the molecule is CCCCCCCCCCCCCCCCCCC(CCCCCCCCCCCCC)OC(O)NCCCOC(C)C. The zero-order valence-corrected chi connectivity index (χ0v) is 30.1. The van der Waals surface area contributed by atoms with Crippen LogP contribution in [0.25, 0.3) is 0 Å². The summed E-state index contributed by atoms with van der Waals surface area (Å²) < 4.78 is 11.7. The molecule has 0 bridgehead atoms. The smallest absolute Gasteiger partial charge is 0.213 e. The molecule has 0 saturated heterocycles. The van der Waals surface area contributed by atoms with Crippen LogP contribution in [-0.4, -0.2) is 36.9 Å². The van der Waals surface area contributed by atoms with Gasteiger partial charge in [-0.25, -0.2) is 0 Å². The maximum atomic E-state index is 10.5. The van der Waals surface area contributed by atoms with Crippen molar-refractivity contribution in [3.05, 3.63) is 0 Å². The highest BCUT2D eigenvalue weighted by Crippen LogP contribution is 2.19. The summed E-state index contributed by atoms with van der Waals surface area (Å²) in [6.07, 6.45) is 40.0. The van der Waals surface area contributed by atoms with Crippen molar-refractivity contribution in [1.82, 2.24) is 5.32 Å². The molecule has 43 heavy (non-hydrogen) atoms. The highest BCUT2D eigenvalue weighted by atomic mass is 16.6. The van der Waals surface area contributed by atoms with E-state index >= 15 is 0 Å². The standard InChI is InChI=1S/C39H81NO3/c1-5-7-9-11-13-15-17-18-19-20-21-23-25-27-29-31-34-38(43-39(41)40-35-32-36-42-37(3)4)33-30-28-26-24-22-16-14-12-10-8-6-2/h37-41H,5-36H2,1-4H3. The molecular weight excluding hydrogens is 530 g/mol. The van der Waals surface area contributed by atoms with Gasteiger partial charge in [0.25, 0.3) is 0 Å². The van der Waals surface area contributed by atoms with E-state index in [4.69, 9.17) is 9.47 Å². The van der Waals surface area contributed by atoms with Crippen molar-refractivity contribution in [2.75, 3.05) is 13.2 Å². The molecule has 4 heteroatoms. The lowest BCUT2D eigenvalue weighted by Gasteiger charge is -2.22. The Morgan fingerprint density at radius 3 is 1.12 bits per heavy atom. The van der Waals surface area contributed by atoms with Gasteiger partial charge in [-0.1, -0.05) is 187 Å². The summed E-state index contributed by atoms with van der Waals surface area (Å²) in [6.45, 7) is 10.1. The second kappa shape index (κ2) is 36.3. The molecular formula is C39H81NO3. The quantitative estimate of drug-likeness (QED) is 0.0542. The Bertz CT molecular complexity index is 501. The van der Waals surface area contributed by atoms with Gasteiger partial charge in [0.15, 0.2) is 0 Å². The fourth-order valence-corrected chi connectivity index (χ4v) is 6.08. The molecule has 0 aliphatic carbocycles. The van der Waals surface area contributed by atoms with Crippen molar-refractivity contribution in [2.45, 2.75) is 239 Å². The van der Waals surface area contributed by atoms with E-state index in [2.05, 4.69) is 33.0 Å². The lowest BCUT2D eigenvalue weighted by atomic mass is 10.0. The Kier molecular flexibility index (Phi) is 36.2. The maximum absolute atomic E-state index is 10.5. The molecule has 260 valence electrons. The van der Waals surface area contributed by atoms with Crippen LogP contribution in [0.2, 0.25) is 0 Å². The van der Waals surface area contributed by atoms with E-state index in [0.717, 1.165) is 32.4 Å². The number of hydrogen-bond acceptors (Lipinski definition) is 4. The van der Waals surface area contributed by atoms with Gasteiger partial charge in [0.1, 0.15) is 0 Å². The van der Waals surface area contributed by atoms with Gasteiger partial charge in [0.05, 0.1) is 12.2 Å². The number of ether oxygens (including phenoxy) is 2. The minimum absolute atomic E-state index is 0.166. The maximum Gasteiger partial charge on any atom is 0.213 e. The van der Waals surface area contributed by atoms with Crippen molar-refractivity contribution in [3.8, 4) is 0 Å². The van der Waals surface area contributed by atoms with Gasteiger partial charge in [-0.2, -0.15) is 0 Å². The number of unbranched alkanes of at least 4 members (excludes halogenated alkanes) is 25. The first-order valence-corrected chi connectivity index (χ1v) is 19.8. The molecule has 0 fully saturated rings. The fraction of sp³-hybridized carbons (Fsp3) is 1.00. The van der Waals surface area contributed by atoms with Crippen LogP contribution in [0.1, 0.15) is 220 Å². The Labute approximate surface area is 271 Å². The predicted molar refractivity (Wildman–Crippen MR) is 190 cm³/mol. The third-order valence-electron chi connectivity index (χ3n) is 8.92. The topological polar surface area (TPSA) is 50.7 Å². The molecule has 0 aliphatic heterocycles. The summed E-state index contributed by atoms with van der Waals surface area (Å²) in [7, 11) is 0. The van der Waals surface area contributed by atoms with Crippen LogP contribution >= 0.6 is 0 Å². The summed E-state index contributed by atoms with van der Waals surface area (Å²) in [5.41, 5.74) is 0. The van der Waals surface area contributed by atoms with Crippen molar-refractivity contribution < 1.29 is 14.6 Å². The van der Waals surface area contributed by atoms with Gasteiger partial charge in [0, 0.05) is 13.2 Å². The molecule has 0 heterocycles. The van der Waals surface area contributed by atoms with Gasteiger partial charge in [0.2, 0.25) is 6.41 Å². The molecule has 0 aromatic carbocycles.